The summed E-state index contributed by atoms with van der Waals surface area (Å²) in [6.45, 7) is 0. The second-order valence-corrected chi connectivity index (χ2v) is 2.99. The van der Waals surface area contributed by atoms with Crippen molar-refractivity contribution >= 4 is 33.1 Å². The maximum absolute atomic E-state index is 10.2. The van der Waals surface area contributed by atoms with E-state index in [0.29, 0.717) is 0 Å². The molecule has 9 heavy (non-hydrogen) atoms. The summed E-state index contributed by atoms with van der Waals surface area (Å²) >= 11 is 0.0846. The van der Waals surface area contributed by atoms with Crippen molar-refractivity contribution in [2.24, 2.45) is 5.73 Å². The molecule has 0 bridgehead atoms. The fraction of sp³-hybridized carbons (Fsp3) is 0. The molecule has 0 atom stereocenters. The monoisotopic (exact) mass is 358 g/mol. The molecule has 0 aliphatic rings. The summed E-state index contributed by atoms with van der Waals surface area (Å²) in [5, 5.41) is 0. The minimum absolute atomic E-state index is 0.534. The summed E-state index contributed by atoms with van der Waals surface area (Å²) < 4.78 is 7.78. The van der Waals surface area contributed by atoms with E-state index in [9.17, 15) is 9.59 Å². The van der Waals surface area contributed by atoms with Crippen LogP contribution in [0.4, 0.5) is 9.59 Å². The first kappa shape index (κ1) is 9.20. The van der Waals surface area contributed by atoms with Crippen LogP contribution in [0.3, 0.4) is 0 Å². The molecule has 7 heteroatoms. The van der Waals surface area contributed by atoms with Gasteiger partial charge >= 0.3 is 76.2 Å². The Bertz CT molecular complexity index is 126. The first-order valence-corrected chi connectivity index (χ1v) is 4.44. The van der Waals surface area contributed by atoms with E-state index in [4.69, 9.17) is 0 Å². The fourth-order valence-corrected chi connectivity index (χ4v) is 1.00. The maximum atomic E-state index is 10.2. The Morgan fingerprint density at radius 1 is 1.56 bits per heavy atom. The molecule has 1 amide bonds. The standard InChI is InChI=1S/C2H2I2NO4/c3-8-1(6)4-9-2(5)7/h(H2,5,7)/q-1. The van der Waals surface area contributed by atoms with E-state index in [0.717, 1.165) is 0 Å². The number of hydrogen-bond donors (Lipinski definition) is 1. The van der Waals surface area contributed by atoms with Crippen LogP contribution in [0.2, 0.25) is 0 Å². The van der Waals surface area contributed by atoms with E-state index < -0.39 is 31.7 Å². The summed E-state index contributed by atoms with van der Waals surface area (Å²) in [5.74, 6) is 0. The first-order valence-electron chi connectivity index (χ1n) is 1.60. The van der Waals surface area contributed by atoms with Crippen LogP contribution in [0.25, 0.3) is 0 Å². The van der Waals surface area contributed by atoms with Crippen LogP contribution >= 0.6 is 23.0 Å². The van der Waals surface area contributed by atoms with Gasteiger partial charge in [0.25, 0.3) is 0 Å². The van der Waals surface area contributed by atoms with Gasteiger partial charge in [-0.25, -0.2) is 0 Å². The molecule has 0 rings (SSSR count). The van der Waals surface area contributed by atoms with Crippen LogP contribution in [-0.4, -0.2) is 10.1 Å². The zero-order chi connectivity index (χ0) is 7.28. The van der Waals surface area contributed by atoms with Gasteiger partial charge in [-0.3, -0.25) is 0 Å². The molecule has 2 N–H and O–H groups in total. The van der Waals surface area contributed by atoms with Gasteiger partial charge in [0, 0.05) is 0 Å². The summed E-state index contributed by atoms with van der Waals surface area (Å²) in [6.07, 6.45) is -0.940. The van der Waals surface area contributed by atoms with Crippen molar-refractivity contribution in [1.29, 1.82) is 0 Å². The molecule has 0 fully saturated rings. The molecule has 5 nitrogen and oxygen atoms in total. The Hall–Kier alpha value is 0.200. The van der Waals surface area contributed by atoms with Gasteiger partial charge in [-0.2, -0.15) is 0 Å². The molecule has 0 saturated heterocycles. The molecule has 0 unspecified atom stereocenters. The topological polar surface area (TPSA) is 78.6 Å². The van der Waals surface area contributed by atoms with E-state index in [1.165, 1.54) is 23.0 Å². The molecule has 0 radical (unpaired) electrons. The van der Waals surface area contributed by atoms with Gasteiger partial charge in [0.05, 0.1) is 0 Å². The van der Waals surface area contributed by atoms with Crippen molar-refractivity contribution in [3.8, 4) is 0 Å². The number of carbonyl (C=O) groups excluding carboxylic acids is 2. The molecular formula is C2H2I2NO4-. The van der Waals surface area contributed by atoms with Crippen LogP contribution < -0.4 is 27.4 Å². The zero-order valence-corrected chi connectivity index (χ0v) is 8.28. The number of nitrogens with two attached hydrogens (primary N) is 1. The quantitative estimate of drug-likeness (QED) is 0.440. The number of rotatable bonds is 2. The van der Waals surface area contributed by atoms with E-state index in [1.807, 2.05) is 0 Å². The predicted octanol–water partition coefficient (Wildman–Crippen LogP) is -2.43. The Balaban J connectivity index is 3.28. The van der Waals surface area contributed by atoms with E-state index in [1.54, 1.807) is 0 Å². The van der Waals surface area contributed by atoms with Crippen LogP contribution in [0.5, 0.6) is 0 Å². The van der Waals surface area contributed by atoms with Crippen LogP contribution in [0.15, 0.2) is 0 Å². The van der Waals surface area contributed by atoms with E-state index in [2.05, 4.69) is 11.9 Å². The average molecular weight is 358 g/mol. The van der Waals surface area contributed by atoms with Crippen molar-refractivity contribution in [3.05, 3.63) is 0 Å². The van der Waals surface area contributed by atoms with Crippen molar-refractivity contribution in [3.63, 3.8) is 0 Å². The predicted molar refractivity (Wildman–Crippen MR) is 31.2 cm³/mol. The molecule has 54 valence electrons. The third-order valence-corrected chi connectivity index (χ3v) is 2.71. The average Bonchev–Trinajstić information content (AvgIpc) is 1.83. The van der Waals surface area contributed by atoms with E-state index in [-0.39, 0.29) is 0 Å². The Labute approximate surface area is 75.7 Å². The third-order valence-electron chi connectivity index (χ3n) is 0.238. The summed E-state index contributed by atoms with van der Waals surface area (Å²) in [6, 6.07) is 0. The molecule has 0 spiro atoms. The zero-order valence-electron chi connectivity index (χ0n) is 3.97. The molecule has 0 aromatic rings. The Morgan fingerprint density at radius 2 is 2.11 bits per heavy atom. The van der Waals surface area contributed by atoms with Gasteiger partial charge in [0.2, 0.25) is 0 Å². The SMILES string of the molecule is NC(=O)O[I-]C(=O)OI. The van der Waals surface area contributed by atoms with Gasteiger partial charge in [-0.15, -0.1) is 0 Å². The molecule has 0 aliphatic heterocycles. The molecular weight excluding hydrogens is 356 g/mol. The summed E-state index contributed by atoms with van der Waals surface area (Å²) in [5.41, 5.74) is 4.55. The van der Waals surface area contributed by atoms with Crippen molar-refractivity contribution < 1.29 is 37.3 Å². The number of carbonyl (C=O) groups is 2. The normalized spacial score (nSPS) is 8.56. The Kier molecular flexibility index (Phi) is 5.13. The summed E-state index contributed by atoms with van der Waals surface area (Å²) in [4.78, 5) is 20.0. The van der Waals surface area contributed by atoms with Crippen LogP contribution in [-0.2, 0) is 6.13 Å². The van der Waals surface area contributed by atoms with Gasteiger partial charge < -0.3 is 0 Å². The first-order chi connectivity index (χ1) is 4.16. The van der Waals surface area contributed by atoms with Crippen molar-refractivity contribution in [2.45, 2.75) is 0 Å². The molecule has 0 aromatic heterocycles. The van der Waals surface area contributed by atoms with Crippen LogP contribution in [0, 0.1) is 0 Å². The molecule has 0 aliphatic carbocycles. The van der Waals surface area contributed by atoms with Crippen LogP contribution in [0.1, 0.15) is 0 Å². The second-order valence-electron chi connectivity index (χ2n) is 0.788. The van der Waals surface area contributed by atoms with Gasteiger partial charge in [-0.1, -0.05) is 0 Å². The van der Waals surface area contributed by atoms with Gasteiger partial charge in [0.15, 0.2) is 0 Å². The molecule has 0 heterocycles. The molecule has 0 aromatic carbocycles. The number of amides is 1. The Morgan fingerprint density at radius 3 is 2.44 bits per heavy atom. The number of halogens is 2. The summed E-state index contributed by atoms with van der Waals surface area (Å²) in [7, 11) is 0. The fourth-order valence-electron chi connectivity index (χ4n) is 0.0814. The molecule has 0 saturated carbocycles. The van der Waals surface area contributed by atoms with Crippen molar-refractivity contribution in [1.82, 2.24) is 0 Å². The van der Waals surface area contributed by atoms with Crippen molar-refractivity contribution in [2.75, 3.05) is 0 Å². The van der Waals surface area contributed by atoms with E-state index >= 15 is 0 Å². The van der Waals surface area contributed by atoms with Gasteiger partial charge in [-0.05, 0) is 0 Å². The number of primary amides is 1. The third kappa shape index (κ3) is 6.08. The minimum atomic E-state index is -1.32. The van der Waals surface area contributed by atoms with Gasteiger partial charge in [0.1, 0.15) is 0 Å². The second kappa shape index (κ2) is 5.02. The number of hydrogen-bond acceptors (Lipinski definition) is 4.